The Morgan fingerprint density at radius 3 is 2.33 bits per heavy atom. The van der Waals surface area contributed by atoms with E-state index in [1.54, 1.807) is 55.6 Å². The van der Waals surface area contributed by atoms with Gasteiger partial charge in [0.2, 0.25) is 5.91 Å². The van der Waals surface area contributed by atoms with Gasteiger partial charge in [-0.1, -0.05) is 48.5 Å². The number of amides is 2. The second kappa shape index (κ2) is 12.2. The topological polar surface area (TPSA) is 88.7 Å². The van der Waals surface area contributed by atoms with Crippen LogP contribution in [-0.4, -0.2) is 30.6 Å². The number of hydrazine groups is 1. The summed E-state index contributed by atoms with van der Waals surface area (Å²) < 4.78 is 10.9. The standard InChI is InChI=1S/C25H25N3O4S/c1-31-21-12-10-19(11-13-21)16-23(29)27-28-25(33)26-24(30)20-8-5-9-22(17-20)32-15-14-18-6-3-2-4-7-18/h2-13,17H,14-16H2,1H3,(H,27,29)(H2,26,28,30,33). The highest BCUT2D eigenvalue weighted by Crippen LogP contribution is 2.14. The number of nitrogens with one attached hydrogen (secondary N) is 3. The predicted octanol–water partition coefficient (Wildman–Crippen LogP) is 3.19. The summed E-state index contributed by atoms with van der Waals surface area (Å²) in [5, 5.41) is 2.52. The van der Waals surface area contributed by atoms with Crippen LogP contribution < -0.4 is 25.6 Å². The minimum atomic E-state index is -0.412. The normalized spacial score (nSPS) is 10.1. The van der Waals surface area contributed by atoms with E-state index in [0.717, 1.165) is 12.0 Å². The molecule has 3 aromatic carbocycles. The summed E-state index contributed by atoms with van der Waals surface area (Å²) in [5.74, 6) is 0.591. The van der Waals surface area contributed by atoms with Crippen molar-refractivity contribution in [3.05, 3.63) is 95.6 Å². The molecule has 0 aliphatic carbocycles. The lowest BCUT2D eigenvalue weighted by Crippen LogP contribution is -2.48. The van der Waals surface area contributed by atoms with Crippen LogP contribution in [0.1, 0.15) is 21.5 Å². The third kappa shape index (κ3) is 7.93. The first-order valence-corrected chi connectivity index (χ1v) is 10.7. The van der Waals surface area contributed by atoms with Gasteiger partial charge in [0.1, 0.15) is 11.5 Å². The molecule has 0 fully saturated rings. The molecule has 170 valence electrons. The summed E-state index contributed by atoms with van der Waals surface area (Å²) in [7, 11) is 1.58. The highest BCUT2D eigenvalue weighted by Gasteiger charge is 2.10. The molecule has 0 aliphatic rings. The van der Waals surface area contributed by atoms with Gasteiger partial charge in [-0.2, -0.15) is 0 Å². The second-order valence-corrected chi connectivity index (χ2v) is 7.50. The van der Waals surface area contributed by atoms with Crippen molar-refractivity contribution in [1.82, 2.24) is 16.2 Å². The van der Waals surface area contributed by atoms with Crippen LogP contribution in [0.2, 0.25) is 0 Å². The molecular weight excluding hydrogens is 438 g/mol. The molecule has 3 rings (SSSR count). The Bertz CT molecular complexity index is 1090. The van der Waals surface area contributed by atoms with Crippen LogP contribution in [0.5, 0.6) is 11.5 Å². The van der Waals surface area contributed by atoms with E-state index in [-0.39, 0.29) is 17.4 Å². The van der Waals surface area contributed by atoms with Crippen molar-refractivity contribution in [2.24, 2.45) is 0 Å². The summed E-state index contributed by atoms with van der Waals surface area (Å²) in [4.78, 5) is 24.6. The smallest absolute Gasteiger partial charge is 0.257 e. The fourth-order valence-electron chi connectivity index (χ4n) is 2.96. The molecule has 0 aromatic heterocycles. The fraction of sp³-hybridized carbons (Fsp3) is 0.160. The molecule has 0 aliphatic heterocycles. The van der Waals surface area contributed by atoms with Gasteiger partial charge in [-0.15, -0.1) is 0 Å². The molecule has 8 heteroatoms. The maximum Gasteiger partial charge on any atom is 0.257 e. The zero-order chi connectivity index (χ0) is 23.5. The molecule has 0 radical (unpaired) electrons. The van der Waals surface area contributed by atoms with Gasteiger partial charge in [-0.3, -0.25) is 25.8 Å². The first-order valence-electron chi connectivity index (χ1n) is 10.3. The predicted molar refractivity (Wildman–Crippen MR) is 130 cm³/mol. The van der Waals surface area contributed by atoms with Crippen molar-refractivity contribution in [1.29, 1.82) is 0 Å². The summed E-state index contributed by atoms with van der Waals surface area (Å²) in [6.07, 6.45) is 0.914. The van der Waals surface area contributed by atoms with Crippen LogP contribution in [0.15, 0.2) is 78.9 Å². The molecular formula is C25H25N3O4S. The number of carbonyl (C=O) groups excluding carboxylic acids is 2. The van der Waals surface area contributed by atoms with Gasteiger partial charge < -0.3 is 9.47 Å². The van der Waals surface area contributed by atoms with Gasteiger partial charge in [-0.25, -0.2) is 0 Å². The number of methoxy groups -OCH3 is 1. The van der Waals surface area contributed by atoms with E-state index in [4.69, 9.17) is 21.7 Å². The SMILES string of the molecule is COc1ccc(CC(=O)NNC(=S)NC(=O)c2cccc(OCCc3ccccc3)c2)cc1. The molecule has 2 amide bonds. The van der Waals surface area contributed by atoms with Gasteiger partial charge in [-0.05, 0) is 53.7 Å². The number of carbonyl (C=O) groups is 2. The summed E-state index contributed by atoms with van der Waals surface area (Å²) in [6, 6.07) is 24.0. The number of hydrogen-bond donors (Lipinski definition) is 3. The van der Waals surface area contributed by atoms with Gasteiger partial charge >= 0.3 is 0 Å². The molecule has 3 N–H and O–H groups in total. The van der Waals surface area contributed by atoms with Crippen LogP contribution in [-0.2, 0) is 17.6 Å². The Hall–Kier alpha value is -3.91. The minimum absolute atomic E-state index is 0.0153. The number of benzene rings is 3. The van der Waals surface area contributed by atoms with E-state index >= 15 is 0 Å². The maximum atomic E-state index is 12.5. The number of thiocarbonyl (C=S) groups is 1. The Morgan fingerprint density at radius 1 is 0.848 bits per heavy atom. The number of ether oxygens (including phenoxy) is 2. The average molecular weight is 464 g/mol. The molecule has 33 heavy (non-hydrogen) atoms. The minimum Gasteiger partial charge on any atom is -0.497 e. The van der Waals surface area contributed by atoms with Crippen molar-refractivity contribution in [3.63, 3.8) is 0 Å². The van der Waals surface area contributed by atoms with Crippen molar-refractivity contribution >= 4 is 29.1 Å². The van der Waals surface area contributed by atoms with Gasteiger partial charge in [0.15, 0.2) is 5.11 Å². The van der Waals surface area contributed by atoms with Gasteiger partial charge in [0.25, 0.3) is 5.91 Å². The summed E-state index contributed by atoms with van der Waals surface area (Å²) in [6.45, 7) is 0.495. The van der Waals surface area contributed by atoms with E-state index in [2.05, 4.69) is 16.2 Å². The van der Waals surface area contributed by atoms with Crippen molar-refractivity contribution < 1.29 is 19.1 Å². The van der Waals surface area contributed by atoms with Crippen molar-refractivity contribution in [3.8, 4) is 11.5 Å². The molecule has 0 saturated heterocycles. The molecule has 7 nitrogen and oxygen atoms in total. The van der Waals surface area contributed by atoms with Crippen LogP contribution in [0.25, 0.3) is 0 Å². The quantitative estimate of drug-likeness (QED) is 0.351. The van der Waals surface area contributed by atoms with Gasteiger partial charge in [0, 0.05) is 12.0 Å². The van der Waals surface area contributed by atoms with Crippen LogP contribution in [0.4, 0.5) is 0 Å². The molecule has 0 saturated carbocycles. The summed E-state index contributed by atoms with van der Waals surface area (Å²) in [5.41, 5.74) is 7.39. The molecule has 0 bridgehead atoms. The second-order valence-electron chi connectivity index (χ2n) is 7.09. The lowest BCUT2D eigenvalue weighted by atomic mass is 10.1. The third-order valence-corrected chi connectivity index (χ3v) is 4.87. The molecule has 3 aromatic rings. The first-order chi connectivity index (χ1) is 16.0. The Labute approximate surface area is 198 Å². The van der Waals surface area contributed by atoms with Crippen molar-refractivity contribution in [2.75, 3.05) is 13.7 Å². The van der Waals surface area contributed by atoms with E-state index in [9.17, 15) is 9.59 Å². The lowest BCUT2D eigenvalue weighted by Gasteiger charge is -2.12. The zero-order valence-electron chi connectivity index (χ0n) is 18.2. The molecule has 0 unspecified atom stereocenters. The number of hydrogen-bond acceptors (Lipinski definition) is 5. The maximum absolute atomic E-state index is 12.5. The molecule has 0 heterocycles. The largest absolute Gasteiger partial charge is 0.497 e. The molecule has 0 spiro atoms. The van der Waals surface area contributed by atoms with E-state index < -0.39 is 5.91 Å². The summed E-state index contributed by atoms with van der Waals surface area (Å²) >= 11 is 5.10. The van der Waals surface area contributed by atoms with E-state index in [1.165, 1.54) is 5.56 Å². The Morgan fingerprint density at radius 2 is 1.61 bits per heavy atom. The van der Waals surface area contributed by atoms with Crippen LogP contribution in [0, 0.1) is 0 Å². The van der Waals surface area contributed by atoms with Crippen LogP contribution >= 0.6 is 12.2 Å². The van der Waals surface area contributed by atoms with Crippen LogP contribution in [0.3, 0.4) is 0 Å². The number of rotatable bonds is 8. The van der Waals surface area contributed by atoms with Crippen molar-refractivity contribution in [2.45, 2.75) is 12.8 Å². The highest BCUT2D eigenvalue weighted by molar-refractivity contribution is 7.80. The first kappa shape index (κ1) is 23.7. The fourth-order valence-corrected chi connectivity index (χ4v) is 3.11. The van der Waals surface area contributed by atoms with Gasteiger partial charge in [0.05, 0.1) is 20.1 Å². The monoisotopic (exact) mass is 463 g/mol. The third-order valence-electron chi connectivity index (χ3n) is 4.66. The Balaban J connectivity index is 1.42. The molecule has 0 atom stereocenters. The van der Waals surface area contributed by atoms with E-state index in [1.807, 2.05) is 30.3 Å². The Kier molecular flexibility index (Phi) is 8.79. The highest BCUT2D eigenvalue weighted by atomic mass is 32.1. The average Bonchev–Trinajstić information content (AvgIpc) is 2.84. The lowest BCUT2D eigenvalue weighted by molar-refractivity contribution is -0.121. The van der Waals surface area contributed by atoms with E-state index in [0.29, 0.717) is 23.7 Å². The zero-order valence-corrected chi connectivity index (χ0v) is 19.0.